The second kappa shape index (κ2) is 6.75. The van der Waals surface area contributed by atoms with E-state index in [1.807, 2.05) is 0 Å². The highest BCUT2D eigenvalue weighted by molar-refractivity contribution is 5.76. The van der Waals surface area contributed by atoms with Crippen molar-refractivity contribution in [3.8, 4) is 0 Å². The normalized spacial score (nSPS) is 28.1. The lowest BCUT2D eigenvalue weighted by Crippen LogP contribution is -2.36. The Morgan fingerprint density at radius 3 is 2.56 bits per heavy atom. The van der Waals surface area contributed by atoms with Crippen LogP contribution in [0.25, 0.3) is 0 Å². The summed E-state index contributed by atoms with van der Waals surface area (Å²) in [7, 11) is 0. The molecule has 0 radical (unpaired) electrons. The van der Waals surface area contributed by atoms with Crippen molar-refractivity contribution in [3.63, 3.8) is 0 Å². The molecule has 0 spiro atoms. The molecule has 0 amide bonds. The highest BCUT2D eigenvalue weighted by atomic mass is 16.4. The first kappa shape index (κ1) is 18.4. The SMILES string of the molecule is CC(Cc1ccc(C(C)(C)C)cc1)CN1C[C@@H]2CCC[C@@]2(C(=O)O)C1. The third-order valence-electron chi connectivity index (χ3n) is 6.34. The molecule has 3 atom stereocenters. The van der Waals surface area contributed by atoms with Gasteiger partial charge in [-0.15, -0.1) is 0 Å². The molecule has 2 aliphatic rings. The maximum atomic E-state index is 11.8. The van der Waals surface area contributed by atoms with Gasteiger partial charge in [0, 0.05) is 19.6 Å². The van der Waals surface area contributed by atoms with Crippen LogP contribution in [-0.2, 0) is 16.6 Å². The standard InChI is InChI=1S/C22H33NO2/c1-16(12-17-7-9-18(10-8-17)21(2,3)4)13-23-14-19-6-5-11-22(19,15-23)20(24)25/h7-10,16,19H,5-6,11-15H2,1-4H3,(H,24,25)/t16?,19-,22+/m0/s1. The Bertz CT molecular complexity index is 616. The molecule has 138 valence electrons. The van der Waals surface area contributed by atoms with Crippen LogP contribution < -0.4 is 0 Å². The van der Waals surface area contributed by atoms with Gasteiger partial charge < -0.3 is 10.0 Å². The maximum absolute atomic E-state index is 11.8. The van der Waals surface area contributed by atoms with Gasteiger partial charge in [-0.3, -0.25) is 4.79 Å². The van der Waals surface area contributed by atoms with Crippen LogP contribution in [0.3, 0.4) is 0 Å². The van der Waals surface area contributed by atoms with Crippen molar-refractivity contribution in [2.45, 2.75) is 58.8 Å². The number of carbonyl (C=O) groups is 1. The monoisotopic (exact) mass is 343 g/mol. The van der Waals surface area contributed by atoms with E-state index in [1.54, 1.807) is 0 Å². The maximum Gasteiger partial charge on any atom is 0.311 e. The van der Waals surface area contributed by atoms with E-state index in [1.165, 1.54) is 11.1 Å². The summed E-state index contributed by atoms with van der Waals surface area (Å²) in [6, 6.07) is 9.02. The van der Waals surface area contributed by atoms with Gasteiger partial charge in [0.15, 0.2) is 0 Å². The van der Waals surface area contributed by atoms with Gasteiger partial charge in [0.2, 0.25) is 0 Å². The molecule has 3 nitrogen and oxygen atoms in total. The average Bonchev–Trinajstić information content (AvgIpc) is 3.04. The summed E-state index contributed by atoms with van der Waals surface area (Å²) in [6.45, 7) is 11.7. The fourth-order valence-corrected chi connectivity index (χ4v) is 4.93. The fourth-order valence-electron chi connectivity index (χ4n) is 4.93. The minimum absolute atomic E-state index is 0.197. The van der Waals surface area contributed by atoms with E-state index in [0.717, 1.165) is 45.3 Å². The lowest BCUT2D eigenvalue weighted by Gasteiger charge is -2.25. The Kier molecular flexibility index (Phi) is 4.98. The minimum atomic E-state index is -0.567. The van der Waals surface area contributed by atoms with Gasteiger partial charge in [0.05, 0.1) is 5.41 Å². The number of fused-ring (bicyclic) bond motifs is 1. The summed E-state index contributed by atoms with van der Waals surface area (Å²) >= 11 is 0. The minimum Gasteiger partial charge on any atom is -0.481 e. The number of carboxylic acids is 1. The quantitative estimate of drug-likeness (QED) is 0.864. The molecule has 1 saturated heterocycles. The number of nitrogens with zero attached hydrogens (tertiary/aromatic N) is 1. The van der Waals surface area contributed by atoms with Crippen molar-refractivity contribution in [1.29, 1.82) is 0 Å². The van der Waals surface area contributed by atoms with Gasteiger partial charge in [0.25, 0.3) is 0 Å². The van der Waals surface area contributed by atoms with E-state index in [-0.39, 0.29) is 5.41 Å². The van der Waals surface area contributed by atoms with Crippen LogP contribution in [0.1, 0.15) is 58.1 Å². The largest absolute Gasteiger partial charge is 0.481 e. The van der Waals surface area contributed by atoms with Crippen molar-refractivity contribution < 1.29 is 9.90 Å². The zero-order chi connectivity index (χ0) is 18.2. The number of likely N-dealkylation sites (tertiary alicyclic amines) is 1. The molecule has 1 N–H and O–H groups in total. The molecule has 1 aliphatic heterocycles. The summed E-state index contributed by atoms with van der Waals surface area (Å²) in [4.78, 5) is 14.2. The van der Waals surface area contributed by atoms with Gasteiger partial charge >= 0.3 is 5.97 Å². The predicted molar refractivity (Wildman–Crippen MR) is 102 cm³/mol. The van der Waals surface area contributed by atoms with Crippen LogP contribution in [-0.4, -0.2) is 35.6 Å². The smallest absolute Gasteiger partial charge is 0.311 e. The van der Waals surface area contributed by atoms with Crippen LogP contribution in [0.15, 0.2) is 24.3 Å². The summed E-state index contributed by atoms with van der Waals surface area (Å²) in [6.07, 6.45) is 4.10. The summed E-state index contributed by atoms with van der Waals surface area (Å²) in [5.41, 5.74) is 2.50. The lowest BCUT2D eigenvalue weighted by atomic mass is 9.81. The predicted octanol–water partition coefficient (Wildman–Crippen LogP) is 4.35. The summed E-state index contributed by atoms with van der Waals surface area (Å²) in [5, 5.41) is 9.73. The second-order valence-electron chi connectivity index (χ2n) is 9.50. The molecule has 25 heavy (non-hydrogen) atoms. The van der Waals surface area contributed by atoms with E-state index in [4.69, 9.17) is 0 Å². The van der Waals surface area contributed by atoms with Crippen molar-refractivity contribution in [1.82, 2.24) is 4.90 Å². The first-order valence-corrected chi connectivity index (χ1v) is 9.76. The number of benzene rings is 1. The summed E-state index contributed by atoms with van der Waals surface area (Å²) < 4.78 is 0. The van der Waals surface area contributed by atoms with E-state index in [9.17, 15) is 9.90 Å². The molecule has 1 aromatic carbocycles. The molecule has 1 aromatic rings. The van der Waals surface area contributed by atoms with E-state index in [0.29, 0.717) is 11.8 Å². The van der Waals surface area contributed by atoms with Crippen LogP contribution >= 0.6 is 0 Å². The zero-order valence-electron chi connectivity index (χ0n) is 16.2. The Morgan fingerprint density at radius 2 is 2.00 bits per heavy atom. The molecule has 1 unspecified atom stereocenters. The third kappa shape index (κ3) is 3.76. The van der Waals surface area contributed by atoms with E-state index >= 15 is 0 Å². The van der Waals surface area contributed by atoms with Crippen molar-refractivity contribution in [2.24, 2.45) is 17.3 Å². The zero-order valence-corrected chi connectivity index (χ0v) is 16.2. The summed E-state index contributed by atoms with van der Waals surface area (Å²) in [5.74, 6) is 0.344. The average molecular weight is 344 g/mol. The van der Waals surface area contributed by atoms with Crippen molar-refractivity contribution in [2.75, 3.05) is 19.6 Å². The number of rotatable bonds is 5. The van der Waals surface area contributed by atoms with Crippen molar-refractivity contribution in [3.05, 3.63) is 35.4 Å². The molecule has 3 rings (SSSR count). The van der Waals surface area contributed by atoms with Crippen LogP contribution in [0.5, 0.6) is 0 Å². The second-order valence-corrected chi connectivity index (χ2v) is 9.50. The number of hydrogen-bond donors (Lipinski definition) is 1. The van der Waals surface area contributed by atoms with Gasteiger partial charge in [-0.25, -0.2) is 0 Å². The van der Waals surface area contributed by atoms with Crippen molar-refractivity contribution >= 4 is 5.97 Å². The Morgan fingerprint density at radius 1 is 1.32 bits per heavy atom. The van der Waals surface area contributed by atoms with Crippen LogP contribution in [0.2, 0.25) is 0 Å². The number of carboxylic acid groups (broad SMARTS) is 1. The Balaban J connectivity index is 1.57. The highest BCUT2D eigenvalue weighted by Gasteiger charge is 2.54. The molecule has 0 bridgehead atoms. The van der Waals surface area contributed by atoms with Gasteiger partial charge in [-0.05, 0) is 47.6 Å². The van der Waals surface area contributed by atoms with E-state index < -0.39 is 11.4 Å². The Hall–Kier alpha value is -1.35. The first-order valence-electron chi connectivity index (χ1n) is 9.76. The first-order chi connectivity index (χ1) is 11.7. The molecule has 3 heteroatoms. The number of hydrogen-bond acceptors (Lipinski definition) is 2. The topological polar surface area (TPSA) is 40.5 Å². The van der Waals surface area contributed by atoms with Gasteiger partial charge in [0.1, 0.15) is 0 Å². The van der Waals surface area contributed by atoms with Crippen LogP contribution in [0.4, 0.5) is 0 Å². The molecule has 2 fully saturated rings. The molecular weight excluding hydrogens is 310 g/mol. The molecule has 1 saturated carbocycles. The van der Waals surface area contributed by atoms with Gasteiger partial charge in [-0.2, -0.15) is 0 Å². The van der Waals surface area contributed by atoms with E-state index in [2.05, 4.69) is 56.9 Å². The Labute approximate surface area is 152 Å². The molecule has 1 aliphatic carbocycles. The highest BCUT2D eigenvalue weighted by Crippen LogP contribution is 2.49. The molecular formula is C22H33NO2. The molecule has 0 aromatic heterocycles. The third-order valence-corrected chi connectivity index (χ3v) is 6.34. The van der Waals surface area contributed by atoms with Gasteiger partial charge in [-0.1, -0.05) is 58.4 Å². The van der Waals surface area contributed by atoms with Crippen LogP contribution in [0, 0.1) is 17.3 Å². The number of aliphatic carboxylic acids is 1. The lowest BCUT2D eigenvalue weighted by molar-refractivity contribution is -0.149. The molecule has 1 heterocycles. The fraction of sp³-hybridized carbons (Fsp3) is 0.682.